The van der Waals surface area contributed by atoms with Crippen LogP contribution in [0.5, 0.6) is 0 Å². The molecule has 0 aliphatic heterocycles. The summed E-state index contributed by atoms with van der Waals surface area (Å²) in [5.41, 5.74) is 10.7. The molecule has 0 unspecified atom stereocenters. The van der Waals surface area contributed by atoms with Crippen LogP contribution in [0.2, 0.25) is 17.3 Å². The van der Waals surface area contributed by atoms with Crippen LogP contribution in [0.15, 0.2) is 150 Å². The number of furan rings is 1. The van der Waals surface area contributed by atoms with Gasteiger partial charge >= 0.3 is 126 Å². The smallest absolute Gasteiger partial charge is 0.216 e. The molecule has 61 heavy (non-hydrogen) atoms. The molecule has 0 N–H and O–H groups in total. The number of pyridine rings is 2. The Bertz CT molecular complexity index is 3170. The van der Waals surface area contributed by atoms with Gasteiger partial charge in [-0.2, -0.15) is 0 Å². The molecule has 0 spiro atoms. The first-order chi connectivity index (χ1) is 29.0. The summed E-state index contributed by atoms with van der Waals surface area (Å²) in [5, 5.41) is 3.23. The zero-order valence-corrected chi connectivity index (χ0v) is 39.5. The van der Waals surface area contributed by atoms with Gasteiger partial charge in [0.25, 0.3) is 0 Å². The summed E-state index contributed by atoms with van der Waals surface area (Å²) in [6.07, 6.45) is 3.27. The standard InChI is InChI=1S/C35H21FN3O.C18H24GeN.Ir/c1-21-18-19-26-25-14-9-15-27(33(25)40-35(26)37-21)34-38-30-16-7-8-17-31(30)39(34)32-24-13-6-5-12-23(24)29(36)20-28(32)22-10-3-2-4-11-22;1-14(2)11-16-12-18(15-9-7-6-8-10-15)20-13-17(16)19(3,4)5;/h2-14,16-20H,1H3;6-9,12-14H,11H2,1-5H3;/q2*-1;. The Hall–Kier alpha value is -5.73. The Morgan fingerprint density at radius 1 is 0.738 bits per heavy atom. The Labute approximate surface area is 372 Å². The van der Waals surface area contributed by atoms with E-state index >= 15 is 4.39 Å². The molecule has 4 heterocycles. The maximum atomic E-state index is 15.6. The van der Waals surface area contributed by atoms with Crippen molar-refractivity contribution in [3.63, 3.8) is 0 Å². The molecule has 0 saturated heterocycles. The van der Waals surface area contributed by atoms with Crippen molar-refractivity contribution >= 4 is 61.5 Å². The van der Waals surface area contributed by atoms with Crippen molar-refractivity contribution in [2.24, 2.45) is 5.92 Å². The van der Waals surface area contributed by atoms with E-state index in [9.17, 15) is 0 Å². The minimum absolute atomic E-state index is 0. The van der Waals surface area contributed by atoms with Gasteiger partial charge in [-0.3, -0.25) is 4.98 Å². The monoisotopic (exact) mass is 1040 g/mol. The average molecular weight is 1040 g/mol. The van der Waals surface area contributed by atoms with Crippen LogP contribution in [0.4, 0.5) is 4.39 Å². The van der Waals surface area contributed by atoms with Crippen molar-refractivity contribution in [3.05, 3.63) is 175 Å². The molecule has 10 rings (SSSR count). The molecule has 0 fully saturated rings. The summed E-state index contributed by atoms with van der Waals surface area (Å²) >= 11 is -1.86. The zero-order chi connectivity index (χ0) is 41.5. The van der Waals surface area contributed by atoms with E-state index in [0.717, 1.165) is 72.9 Å². The molecule has 0 saturated carbocycles. The van der Waals surface area contributed by atoms with Crippen molar-refractivity contribution in [2.75, 3.05) is 0 Å². The topological polar surface area (TPSA) is 56.7 Å². The Balaban J connectivity index is 0.000000208. The second-order valence-corrected chi connectivity index (χ2v) is 27.4. The zero-order valence-electron chi connectivity index (χ0n) is 35.0. The van der Waals surface area contributed by atoms with Crippen LogP contribution in [0.3, 0.4) is 0 Å². The van der Waals surface area contributed by atoms with Crippen LogP contribution in [-0.4, -0.2) is 32.8 Å². The fraction of sp³-hybridized carbons (Fsp3) is 0.151. The van der Waals surface area contributed by atoms with E-state index in [0.29, 0.717) is 28.4 Å². The van der Waals surface area contributed by atoms with Gasteiger partial charge in [0.05, 0.1) is 28.1 Å². The van der Waals surface area contributed by atoms with Crippen molar-refractivity contribution in [3.8, 4) is 39.5 Å². The van der Waals surface area contributed by atoms with Gasteiger partial charge in [0.1, 0.15) is 5.82 Å². The third kappa shape index (κ3) is 8.23. The van der Waals surface area contributed by atoms with Crippen LogP contribution < -0.4 is 4.40 Å². The number of halogens is 1. The largest absolute Gasteiger partial charge is 0.486 e. The maximum absolute atomic E-state index is 15.6. The fourth-order valence-electron chi connectivity index (χ4n) is 8.18. The number of fused-ring (bicyclic) bond motifs is 5. The quantitative estimate of drug-likeness (QED) is 0.118. The van der Waals surface area contributed by atoms with Gasteiger partial charge < -0.3 is 8.98 Å². The molecular weight excluding hydrogens is 992 g/mol. The second kappa shape index (κ2) is 17.3. The number of hydrogen-bond acceptors (Lipinski definition) is 4. The number of rotatable bonds is 7. The molecule has 0 aliphatic carbocycles. The third-order valence-corrected chi connectivity index (χ3v) is 15.2. The summed E-state index contributed by atoms with van der Waals surface area (Å²) in [7, 11) is 0. The number of aromatic nitrogens is 4. The van der Waals surface area contributed by atoms with Gasteiger partial charge in [0, 0.05) is 47.5 Å². The predicted molar refractivity (Wildman–Crippen MR) is 248 cm³/mol. The van der Waals surface area contributed by atoms with Crippen molar-refractivity contribution < 1.29 is 28.9 Å². The van der Waals surface area contributed by atoms with E-state index in [-0.39, 0.29) is 25.9 Å². The number of imidazole rings is 1. The van der Waals surface area contributed by atoms with Gasteiger partial charge in [0.15, 0.2) is 0 Å². The normalized spacial score (nSPS) is 11.6. The van der Waals surface area contributed by atoms with Gasteiger partial charge in [-0.1, -0.05) is 77.7 Å². The van der Waals surface area contributed by atoms with E-state index in [1.54, 1.807) is 10.5 Å². The molecule has 305 valence electrons. The van der Waals surface area contributed by atoms with Crippen LogP contribution in [0.25, 0.3) is 83.3 Å². The van der Waals surface area contributed by atoms with E-state index < -0.39 is 13.3 Å². The van der Waals surface area contributed by atoms with Gasteiger partial charge in [-0.05, 0) is 42.8 Å². The van der Waals surface area contributed by atoms with E-state index in [4.69, 9.17) is 14.4 Å². The van der Waals surface area contributed by atoms with Crippen LogP contribution in [-0.2, 0) is 26.5 Å². The summed E-state index contributed by atoms with van der Waals surface area (Å²) in [5.74, 6) is 8.39. The van der Waals surface area contributed by atoms with Crippen molar-refractivity contribution in [1.82, 2.24) is 19.5 Å². The number of aryl methyl sites for hydroxylation is 1. The number of para-hydroxylation sites is 2. The molecule has 0 amide bonds. The fourth-order valence-corrected chi connectivity index (χ4v) is 11.5. The third-order valence-electron chi connectivity index (χ3n) is 10.9. The predicted octanol–water partition coefficient (Wildman–Crippen LogP) is 13.3. The van der Waals surface area contributed by atoms with Gasteiger partial charge in [-0.25, -0.2) is 9.37 Å². The van der Waals surface area contributed by atoms with Gasteiger partial charge in [0.2, 0.25) is 5.71 Å². The molecule has 5 nitrogen and oxygen atoms in total. The van der Waals surface area contributed by atoms with E-state index in [1.165, 1.54) is 5.56 Å². The molecule has 10 aromatic rings. The summed E-state index contributed by atoms with van der Waals surface area (Å²) in [4.78, 5) is 14.4. The Kier molecular flexibility index (Phi) is 11.9. The first-order valence-corrected chi connectivity index (χ1v) is 27.8. The number of hydrogen-bond donors (Lipinski definition) is 0. The number of nitrogens with zero attached hydrogens (tertiary/aromatic N) is 4. The molecule has 6 aromatic carbocycles. The number of benzene rings is 6. The Morgan fingerprint density at radius 2 is 1.48 bits per heavy atom. The maximum Gasteiger partial charge on any atom is 0.216 e. The first kappa shape index (κ1) is 42.0. The summed E-state index contributed by atoms with van der Waals surface area (Å²) in [6.45, 7) is 6.52. The SMILES string of the molecule is CC(C)Cc1cc(-c2[c-]cccc2)nc[c]1[Ge]([CH3])([CH3])[CH3].Cc1ccc2c(n1)oc1c(-c3nc4ccccc4n3-c3c(-c4ccccc4)cc(F)c4ccccc34)[c-]ccc12.[Ir]. The van der Waals surface area contributed by atoms with Gasteiger partial charge in [-0.15, -0.1) is 18.2 Å². The van der Waals surface area contributed by atoms with E-state index in [2.05, 4.69) is 71.1 Å². The van der Waals surface area contributed by atoms with Crippen LogP contribution in [0.1, 0.15) is 25.1 Å². The minimum atomic E-state index is -1.86. The Morgan fingerprint density at radius 3 is 2.23 bits per heavy atom. The van der Waals surface area contributed by atoms with E-state index in [1.807, 2.05) is 128 Å². The van der Waals surface area contributed by atoms with Crippen molar-refractivity contribution in [1.29, 1.82) is 0 Å². The van der Waals surface area contributed by atoms with Crippen LogP contribution in [0, 0.1) is 30.8 Å². The molecule has 8 heteroatoms. The molecule has 0 aliphatic rings. The second-order valence-electron chi connectivity index (χ2n) is 16.8. The molecule has 0 atom stereocenters. The summed E-state index contributed by atoms with van der Waals surface area (Å²) < 4.78 is 25.6. The first-order valence-electron chi connectivity index (χ1n) is 20.5. The minimum Gasteiger partial charge on any atom is -0.486 e. The molecule has 1 radical (unpaired) electrons. The van der Waals surface area contributed by atoms with Crippen LogP contribution >= 0.6 is 0 Å². The molecule has 4 aromatic heterocycles. The molecule has 0 bridgehead atoms. The summed E-state index contributed by atoms with van der Waals surface area (Å²) in [6, 6.07) is 52.1. The average Bonchev–Trinajstić information content (AvgIpc) is 3.82. The van der Waals surface area contributed by atoms with Crippen molar-refractivity contribution in [2.45, 2.75) is 44.5 Å². The molecular formula is C53H45FGeIrN4O-2.